The van der Waals surface area contributed by atoms with Crippen LogP contribution in [0.4, 0.5) is 0 Å². The van der Waals surface area contributed by atoms with Gasteiger partial charge in [0.25, 0.3) is 39.1 Å². The molecule has 0 N–H and O–H groups in total. The summed E-state index contributed by atoms with van der Waals surface area (Å²) in [5.41, 5.74) is 14.3. The van der Waals surface area contributed by atoms with Gasteiger partial charge in [-0.1, -0.05) is 83.6 Å². The van der Waals surface area contributed by atoms with E-state index in [9.17, 15) is 0 Å². The van der Waals surface area contributed by atoms with E-state index >= 15 is 0 Å². The van der Waals surface area contributed by atoms with E-state index in [2.05, 4.69) is 78.2 Å². The lowest BCUT2D eigenvalue weighted by molar-refractivity contribution is 0.158. The summed E-state index contributed by atoms with van der Waals surface area (Å²) in [5.74, 6) is 0. The second-order valence-corrected chi connectivity index (χ2v) is 22.0. The summed E-state index contributed by atoms with van der Waals surface area (Å²) in [4.78, 5) is 0. The third-order valence-corrected chi connectivity index (χ3v) is 21.3. The Kier molecular flexibility index (Phi) is 16.8. The van der Waals surface area contributed by atoms with Crippen LogP contribution in [0, 0.1) is 0 Å². The maximum Gasteiger partial charge on any atom is 0.476 e. The van der Waals surface area contributed by atoms with Crippen LogP contribution in [0.5, 0.6) is 0 Å². The van der Waals surface area contributed by atoms with Crippen molar-refractivity contribution in [1.29, 1.82) is 0 Å². The molecule has 8 radical (unpaired) electrons. The lowest BCUT2D eigenvalue weighted by atomic mass is 10.0. The molecule has 0 amide bonds. The average molecular weight is 635 g/mol. The Bertz CT molecular complexity index is 719. The molecule has 216 valence electrons. The fourth-order valence-corrected chi connectivity index (χ4v) is 20.2. The molecule has 0 spiro atoms. The molecule has 0 aliphatic heterocycles. The first kappa shape index (κ1) is 35.3. The van der Waals surface area contributed by atoms with Crippen molar-refractivity contribution in [3.05, 3.63) is 45.1 Å². The first-order valence-electron chi connectivity index (χ1n) is 14.6. The summed E-state index contributed by atoms with van der Waals surface area (Å²) in [5, 5.41) is 0. The van der Waals surface area contributed by atoms with E-state index in [4.69, 9.17) is 20.6 Å². The summed E-state index contributed by atoms with van der Waals surface area (Å²) < 4.78 is 35.3. The van der Waals surface area contributed by atoms with Crippen molar-refractivity contribution in [2.45, 2.75) is 131 Å². The molecule has 11 heteroatoms. The minimum atomic E-state index is -3.19. The van der Waals surface area contributed by atoms with Crippen LogP contribution in [0.25, 0.3) is 0 Å². The van der Waals surface area contributed by atoms with Gasteiger partial charge in [0.1, 0.15) is 0 Å². The van der Waals surface area contributed by atoms with E-state index in [0.29, 0.717) is 0 Å². The van der Waals surface area contributed by atoms with Crippen molar-refractivity contribution in [1.82, 2.24) is 0 Å². The highest BCUT2D eigenvalue weighted by Gasteiger charge is 2.60. The van der Waals surface area contributed by atoms with Gasteiger partial charge in [-0.05, 0) is 81.1 Å². The highest BCUT2D eigenvalue weighted by molar-refractivity contribution is 6.84. The molecule has 0 aromatic rings. The maximum absolute atomic E-state index is 7.53. The van der Waals surface area contributed by atoms with Crippen LogP contribution in [0.2, 0.25) is 11.1 Å². The maximum atomic E-state index is 7.53. The molecule has 5 nitrogen and oxygen atoms in total. The van der Waals surface area contributed by atoms with Crippen LogP contribution in [-0.2, 0) is 20.6 Å². The lowest BCUT2D eigenvalue weighted by Crippen LogP contribution is -2.64. The minimum absolute atomic E-state index is 0.211. The topological polar surface area (TPSA) is 46.2 Å². The van der Waals surface area contributed by atoms with Crippen molar-refractivity contribution in [3.8, 4) is 0 Å². The molecule has 0 saturated heterocycles. The summed E-state index contributed by atoms with van der Waals surface area (Å²) in [7, 11) is -5.53. The number of allylic oxidation sites excluding steroid dienone is 4. The Balaban J connectivity index is 2.61. The predicted octanol–water partition coefficient (Wildman–Crippen LogP) is 7.79. The zero-order valence-corrected chi connectivity index (χ0v) is 31.6. The molecule has 0 unspecified atom stereocenters. The van der Waals surface area contributed by atoms with Crippen molar-refractivity contribution >= 4 is 56.7 Å². The normalized spacial score (nSPS) is 17.4. The third kappa shape index (κ3) is 12.9. The predicted molar refractivity (Wildman–Crippen MR) is 171 cm³/mol. The average Bonchev–Trinajstić information content (AvgIpc) is 2.88. The fourth-order valence-electron chi connectivity index (χ4n) is 4.65. The molecule has 2 rings (SSSR count). The van der Waals surface area contributed by atoms with Crippen molar-refractivity contribution in [2.24, 2.45) is 0 Å². The molecule has 2 fully saturated rings. The second-order valence-electron chi connectivity index (χ2n) is 11.7. The van der Waals surface area contributed by atoms with Crippen LogP contribution in [0.15, 0.2) is 45.1 Å². The summed E-state index contributed by atoms with van der Waals surface area (Å²) >= 11 is 0. The number of hydrogen-bond donors (Lipinski definition) is 0. The van der Waals surface area contributed by atoms with Gasteiger partial charge in [0.2, 0.25) is 0 Å². The monoisotopic (exact) mass is 634 g/mol. The number of hydrogen-bond acceptors (Lipinski definition) is 5. The first-order chi connectivity index (χ1) is 18.6. The minimum Gasteiger partial charge on any atom is -0.412 e. The fraction of sp³-hybridized carbons (Fsp3) is 0.714. The Morgan fingerprint density at radius 1 is 0.462 bits per heavy atom. The molecule has 2 aliphatic rings. The van der Waals surface area contributed by atoms with Gasteiger partial charge >= 0.3 is 17.6 Å². The SMILES string of the molecule is CC(C)=C[Si]O[Si](O[Si]C=C(C)C)(O[Si](O[Si]C=C(C)C)(O[Si]C=C(C)C)C1CCCCC1)C1CCCCC1. The first-order valence-corrected chi connectivity index (χ1v) is 22.1. The highest BCUT2D eigenvalue weighted by atomic mass is 28.5. The molecule has 0 atom stereocenters. The van der Waals surface area contributed by atoms with Crippen molar-refractivity contribution < 1.29 is 20.6 Å². The van der Waals surface area contributed by atoms with Gasteiger partial charge < -0.3 is 20.6 Å². The molecule has 0 bridgehead atoms. The van der Waals surface area contributed by atoms with E-state index in [1.54, 1.807) is 0 Å². The third-order valence-electron chi connectivity index (χ3n) is 6.69. The van der Waals surface area contributed by atoms with Gasteiger partial charge in [0.15, 0.2) is 0 Å². The zero-order valence-electron chi connectivity index (χ0n) is 25.6. The zero-order chi connectivity index (χ0) is 28.7. The molecular formula is C28H50O5Si6. The van der Waals surface area contributed by atoms with Crippen LogP contribution >= 0.6 is 0 Å². The molecule has 2 aliphatic carbocycles. The molecule has 2 saturated carbocycles. The van der Waals surface area contributed by atoms with E-state index < -0.39 is 17.6 Å². The summed E-state index contributed by atoms with van der Waals surface area (Å²) in [6.45, 7) is 17.0. The molecule has 0 heterocycles. The molecule has 39 heavy (non-hydrogen) atoms. The van der Waals surface area contributed by atoms with Gasteiger partial charge in [-0.15, -0.1) is 0 Å². The van der Waals surface area contributed by atoms with Crippen molar-refractivity contribution in [2.75, 3.05) is 0 Å². The van der Waals surface area contributed by atoms with Crippen LogP contribution in [-0.4, -0.2) is 56.7 Å². The van der Waals surface area contributed by atoms with Gasteiger partial charge in [-0.2, -0.15) is 0 Å². The van der Waals surface area contributed by atoms with Gasteiger partial charge in [-0.3, -0.25) is 0 Å². The largest absolute Gasteiger partial charge is 0.476 e. The molecule has 0 aromatic heterocycles. The summed E-state index contributed by atoms with van der Waals surface area (Å²) in [6, 6.07) is 0. The van der Waals surface area contributed by atoms with Gasteiger partial charge in [0.05, 0.1) is 0 Å². The van der Waals surface area contributed by atoms with E-state index in [1.165, 1.54) is 60.8 Å². The quantitative estimate of drug-likeness (QED) is 0.162. The van der Waals surface area contributed by atoms with E-state index in [1.807, 2.05) is 0 Å². The standard InChI is InChI=1S/C28H50O5Si6/c1-23(2)19-34-29-38(30-35-20-24(3)4,27-15-11-9-12-16-27)33-39(31-36-21-25(5)6,32-37-22-26(7)8)28-17-13-10-14-18-28/h19-22,27-28H,9-18H2,1-8H3. The van der Waals surface area contributed by atoms with Crippen LogP contribution in [0.1, 0.15) is 120 Å². The van der Waals surface area contributed by atoms with E-state index in [-0.39, 0.29) is 50.1 Å². The van der Waals surface area contributed by atoms with Crippen LogP contribution < -0.4 is 0 Å². The Labute approximate surface area is 252 Å². The van der Waals surface area contributed by atoms with Gasteiger partial charge in [0, 0.05) is 11.1 Å². The number of rotatable bonds is 16. The van der Waals surface area contributed by atoms with Crippen LogP contribution in [0.3, 0.4) is 0 Å². The Morgan fingerprint density at radius 3 is 0.949 bits per heavy atom. The summed E-state index contributed by atoms with van der Waals surface area (Å²) in [6.07, 6.45) is 11.7. The molecule has 0 aromatic carbocycles. The highest BCUT2D eigenvalue weighted by Crippen LogP contribution is 2.45. The second kappa shape index (κ2) is 18.6. The van der Waals surface area contributed by atoms with Gasteiger partial charge in [-0.25, -0.2) is 0 Å². The molecular weight excluding hydrogens is 585 g/mol. The Morgan fingerprint density at radius 2 is 0.718 bits per heavy atom. The lowest BCUT2D eigenvalue weighted by Gasteiger charge is -2.46. The van der Waals surface area contributed by atoms with E-state index in [0.717, 1.165) is 25.7 Å². The smallest absolute Gasteiger partial charge is 0.412 e. The van der Waals surface area contributed by atoms with Crippen molar-refractivity contribution in [3.63, 3.8) is 0 Å². The Hall–Kier alpha value is 0.0613.